The number of nitrogens with zero attached hydrogens (tertiary/aromatic N) is 2. The average molecular weight is 541 g/mol. The molecular weight excluding hydrogens is 513 g/mol. The molecule has 0 unspecified atom stereocenters. The van der Waals surface area contributed by atoms with Crippen molar-refractivity contribution in [1.29, 1.82) is 0 Å². The number of ether oxygens (including phenoxy) is 2. The summed E-state index contributed by atoms with van der Waals surface area (Å²) in [6.45, 7) is 0. The third kappa shape index (κ3) is 5.70. The number of carbonyl (C=O) groups excluding carboxylic acids is 1. The van der Waals surface area contributed by atoms with Gasteiger partial charge in [-0.2, -0.15) is 13.2 Å². The second-order valence-corrected chi connectivity index (χ2v) is 10.7. The van der Waals surface area contributed by atoms with E-state index in [0.29, 0.717) is 59.6 Å². The van der Waals surface area contributed by atoms with Crippen molar-refractivity contribution < 1.29 is 27.4 Å². The predicted molar refractivity (Wildman–Crippen MR) is 138 cm³/mol. The second kappa shape index (κ2) is 10.8. The van der Waals surface area contributed by atoms with Crippen LogP contribution in [0, 0.1) is 11.8 Å². The summed E-state index contributed by atoms with van der Waals surface area (Å²) in [7, 11) is 1.62. The molecule has 1 aromatic heterocycles. The molecule has 5 rings (SSSR count). The maximum absolute atomic E-state index is 13.0. The normalized spacial score (nSPS) is 17.6. The molecule has 0 spiro atoms. The van der Waals surface area contributed by atoms with Crippen molar-refractivity contribution in [1.82, 2.24) is 10.2 Å². The summed E-state index contributed by atoms with van der Waals surface area (Å²) >= 11 is 0.503. The topological polar surface area (TPSA) is 61.3 Å². The molecule has 2 saturated carbocycles. The number of halogens is 3. The molecule has 0 amide bonds. The molecule has 2 aliphatic carbocycles. The van der Waals surface area contributed by atoms with Crippen molar-refractivity contribution in [3.05, 3.63) is 58.6 Å². The van der Waals surface area contributed by atoms with E-state index in [2.05, 4.69) is 22.0 Å². The first-order valence-corrected chi connectivity index (χ1v) is 13.5. The Balaban J connectivity index is 1.48. The summed E-state index contributed by atoms with van der Waals surface area (Å²) in [6, 6.07) is 12.8. The number of hydrogen-bond donors (Lipinski definition) is 0. The van der Waals surface area contributed by atoms with Crippen molar-refractivity contribution in [3.8, 4) is 33.9 Å². The highest BCUT2D eigenvalue weighted by Gasteiger charge is 2.37. The van der Waals surface area contributed by atoms with Gasteiger partial charge in [0.25, 0.3) is 0 Å². The first-order valence-electron chi connectivity index (χ1n) is 12.7. The standard InChI is InChI=1S/C29H27F3N2O3S/c1-36-24-10-9-21(18-25(24)37-23-7-2-3-8-23)28(15-12-22(35)13-16-28)14-11-19-5-4-6-20(17-19)26-33-34-27(38-26)29(30,31)32/h4-6,9-10,17-18,23H,2-3,7-8,12-13,15-16H2,1H3. The largest absolute Gasteiger partial charge is 0.493 e. The van der Waals surface area contributed by atoms with Gasteiger partial charge >= 0.3 is 6.18 Å². The molecule has 9 heteroatoms. The SMILES string of the molecule is COc1ccc(C2(C#Cc3cccc(-c4nnc(C(F)(F)F)s4)c3)CCC(=O)CC2)cc1OC1CCCC1. The van der Waals surface area contributed by atoms with Gasteiger partial charge in [-0.3, -0.25) is 4.79 Å². The molecule has 0 saturated heterocycles. The number of carbonyl (C=O) groups is 1. The lowest BCUT2D eigenvalue weighted by Crippen LogP contribution is -2.30. The number of benzene rings is 2. The third-order valence-corrected chi connectivity index (χ3v) is 8.21. The molecule has 0 aliphatic heterocycles. The summed E-state index contributed by atoms with van der Waals surface area (Å²) in [4.78, 5) is 12.1. The van der Waals surface area contributed by atoms with Crippen LogP contribution in [0.2, 0.25) is 0 Å². The number of rotatable bonds is 5. The van der Waals surface area contributed by atoms with Crippen LogP contribution in [-0.2, 0) is 16.4 Å². The van der Waals surface area contributed by atoms with Crippen molar-refractivity contribution in [2.45, 2.75) is 69.1 Å². The minimum Gasteiger partial charge on any atom is -0.493 e. The van der Waals surface area contributed by atoms with Crippen LogP contribution in [0.4, 0.5) is 13.2 Å². The van der Waals surface area contributed by atoms with Gasteiger partial charge in [-0.05, 0) is 68.4 Å². The number of aromatic nitrogens is 2. The van der Waals surface area contributed by atoms with Gasteiger partial charge < -0.3 is 9.47 Å². The van der Waals surface area contributed by atoms with E-state index in [0.717, 1.165) is 31.2 Å². The quantitative estimate of drug-likeness (QED) is 0.327. The van der Waals surface area contributed by atoms with E-state index in [1.54, 1.807) is 25.3 Å². The van der Waals surface area contributed by atoms with Gasteiger partial charge in [0.15, 0.2) is 11.5 Å². The van der Waals surface area contributed by atoms with E-state index >= 15 is 0 Å². The molecule has 0 atom stereocenters. The molecule has 5 nitrogen and oxygen atoms in total. The minimum atomic E-state index is -4.53. The zero-order valence-corrected chi connectivity index (χ0v) is 21.8. The molecule has 2 fully saturated rings. The second-order valence-electron chi connectivity index (χ2n) is 9.75. The zero-order valence-electron chi connectivity index (χ0n) is 20.9. The molecule has 0 N–H and O–H groups in total. The molecule has 2 aromatic carbocycles. The van der Waals surface area contributed by atoms with Crippen LogP contribution in [0.5, 0.6) is 11.5 Å². The number of Topliss-reactive ketones (excluding diaryl/α,β-unsaturated/α-hetero) is 1. The van der Waals surface area contributed by atoms with Crippen LogP contribution in [0.15, 0.2) is 42.5 Å². The fraction of sp³-hybridized carbons (Fsp3) is 0.414. The Bertz CT molecular complexity index is 1370. The molecule has 1 heterocycles. The molecule has 2 aliphatic rings. The average Bonchev–Trinajstić information content (AvgIpc) is 3.62. The van der Waals surface area contributed by atoms with Crippen LogP contribution in [-0.4, -0.2) is 29.2 Å². The van der Waals surface area contributed by atoms with E-state index in [-0.39, 0.29) is 16.9 Å². The Morgan fingerprint density at radius 3 is 2.47 bits per heavy atom. The maximum atomic E-state index is 13.0. The highest BCUT2D eigenvalue weighted by Crippen LogP contribution is 2.42. The first-order chi connectivity index (χ1) is 18.3. The lowest BCUT2D eigenvalue weighted by molar-refractivity contribution is -0.138. The van der Waals surface area contributed by atoms with Gasteiger partial charge in [-0.15, -0.1) is 10.2 Å². The number of alkyl halides is 3. The highest BCUT2D eigenvalue weighted by atomic mass is 32.1. The summed E-state index contributed by atoms with van der Waals surface area (Å²) in [5, 5.41) is 6.20. The Labute approximate surface area is 223 Å². The van der Waals surface area contributed by atoms with Crippen LogP contribution in [0.3, 0.4) is 0 Å². The Kier molecular flexibility index (Phi) is 7.44. The van der Waals surface area contributed by atoms with Gasteiger partial charge in [-0.25, -0.2) is 0 Å². The van der Waals surface area contributed by atoms with Crippen LogP contribution >= 0.6 is 11.3 Å². The lowest BCUT2D eigenvalue weighted by Gasteiger charge is -2.33. The van der Waals surface area contributed by atoms with Crippen LogP contribution in [0.25, 0.3) is 10.6 Å². The first kappa shape index (κ1) is 26.2. The fourth-order valence-electron chi connectivity index (χ4n) is 5.07. The summed E-state index contributed by atoms with van der Waals surface area (Å²) < 4.78 is 50.8. The van der Waals surface area contributed by atoms with Crippen molar-refractivity contribution in [3.63, 3.8) is 0 Å². The third-order valence-electron chi connectivity index (χ3n) is 7.20. The Morgan fingerprint density at radius 1 is 1.03 bits per heavy atom. The monoisotopic (exact) mass is 540 g/mol. The van der Waals surface area contributed by atoms with E-state index in [1.807, 2.05) is 24.3 Å². The smallest absolute Gasteiger partial charge is 0.445 e. The van der Waals surface area contributed by atoms with Gasteiger partial charge in [0.1, 0.15) is 10.8 Å². The molecular formula is C29H27F3N2O3S. The van der Waals surface area contributed by atoms with Crippen molar-refractivity contribution >= 4 is 17.1 Å². The summed E-state index contributed by atoms with van der Waals surface area (Å²) in [5.74, 6) is 8.25. The van der Waals surface area contributed by atoms with Crippen molar-refractivity contribution in [2.75, 3.05) is 7.11 Å². The maximum Gasteiger partial charge on any atom is 0.445 e. The van der Waals surface area contributed by atoms with Crippen LogP contribution in [0.1, 0.15) is 67.5 Å². The summed E-state index contributed by atoms with van der Waals surface area (Å²) in [5.41, 5.74) is 1.59. The van der Waals surface area contributed by atoms with Crippen molar-refractivity contribution in [2.24, 2.45) is 0 Å². The fourth-order valence-corrected chi connectivity index (χ4v) is 5.78. The molecule has 0 radical (unpaired) electrons. The van der Waals surface area contributed by atoms with Gasteiger partial charge in [0.05, 0.1) is 18.6 Å². The van der Waals surface area contributed by atoms with E-state index < -0.39 is 16.6 Å². The predicted octanol–water partition coefficient (Wildman–Crippen LogP) is 6.99. The molecule has 0 bridgehead atoms. The van der Waals surface area contributed by atoms with E-state index in [4.69, 9.17) is 9.47 Å². The Hall–Kier alpha value is -3.38. The molecule has 38 heavy (non-hydrogen) atoms. The van der Waals surface area contributed by atoms with Gasteiger partial charge in [-0.1, -0.05) is 41.4 Å². The molecule has 3 aromatic rings. The number of methoxy groups -OCH3 is 1. The highest BCUT2D eigenvalue weighted by molar-refractivity contribution is 7.14. The van der Waals surface area contributed by atoms with E-state index in [1.165, 1.54) is 0 Å². The molecule has 198 valence electrons. The Morgan fingerprint density at radius 2 is 1.79 bits per heavy atom. The van der Waals surface area contributed by atoms with Gasteiger partial charge in [0.2, 0.25) is 5.01 Å². The number of ketones is 1. The van der Waals surface area contributed by atoms with Gasteiger partial charge in [0, 0.05) is 24.0 Å². The van der Waals surface area contributed by atoms with E-state index in [9.17, 15) is 18.0 Å². The lowest BCUT2D eigenvalue weighted by atomic mass is 9.69. The summed E-state index contributed by atoms with van der Waals surface area (Å²) in [6.07, 6.45) is 2.00. The minimum absolute atomic E-state index is 0.162. The zero-order chi connectivity index (χ0) is 26.8. The number of hydrogen-bond acceptors (Lipinski definition) is 6. The van der Waals surface area contributed by atoms with Crippen LogP contribution < -0.4 is 9.47 Å².